The van der Waals surface area contributed by atoms with E-state index in [2.05, 4.69) is 24.4 Å². The molecule has 6 nitrogen and oxygen atoms in total. The molecule has 0 spiro atoms. The van der Waals surface area contributed by atoms with Gasteiger partial charge in [-0.2, -0.15) is 11.6 Å². The molecule has 0 saturated carbocycles. The number of hydrogen-bond acceptors (Lipinski definition) is 5. The molecule has 2 N–H and O–H groups in total. The van der Waals surface area contributed by atoms with Crippen LogP contribution in [0.2, 0.25) is 0 Å². The summed E-state index contributed by atoms with van der Waals surface area (Å²) >= 11 is 0. The molecular formula is C28H36FN3O3U. The van der Waals surface area contributed by atoms with Crippen molar-refractivity contribution in [2.45, 2.75) is 64.5 Å². The summed E-state index contributed by atoms with van der Waals surface area (Å²) in [4.78, 5) is 18.7. The Morgan fingerprint density at radius 3 is 2.81 bits per heavy atom. The van der Waals surface area contributed by atoms with Crippen LogP contribution in [0.3, 0.4) is 0 Å². The number of halogens is 1. The molecule has 1 saturated heterocycles. The van der Waals surface area contributed by atoms with Crippen molar-refractivity contribution in [2.24, 2.45) is 0 Å². The Labute approximate surface area is 237 Å². The zero-order valence-corrected chi connectivity index (χ0v) is 25.4. The SMILES string of the molecule is [CH2-]c1cc(F)cc(C(C(=O)O)N2CC(OCCCCCc3ccc4c(n3)NCCC4)C2)c1[C-](C)C.[U+2]. The van der Waals surface area contributed by atoms with Crippen LogP contribution in [0.5, 0.6) is 0 Å². The number of nitrogens with zero attached hydrogens (tertiary/aromatic N) is 2. The van der Waals surface area contributed by atoms with Gasteiger partial charge in [-0.05, 0) is 43.7 Å². The molecule has 0 bridgehead atoms. The number of aryl methyl sites for hydroxylation is 2. The first-order chi connectivity index (χ1) is 16.8. The van der Waals surface area contributed by atoms with Gasteiger partial charge in [0.2, 0.25) is 0 Å². The van der Waals surface area contributed by atoms with Crippen LogP contribution in [0.25, 0.3) is 0 Å². The van der Waals surface area contributed by atoms with Gasteiger partial charge in [0.25, 0.3) is 0 Å². The van der Waals surface area contributed by atoms with Crippen LogP contribution in [0.1, 0.15) is 73.5 Å². The molecule has 36 heavy (non-hydrogen) atoms. The Bertz CT molecular complexity index is 1040. The van der Waals surface area contributed by atoms with Gasteiger partial charge in [-0.25, -0.2) is 15.3 Å². The molecule has 0 radical (unpaired) electrons. The van der Waals surface area contributed by atoms with Crippen molar-refractivity contribution >= 4 is 11.8 Å². The van der Waals surface area contributed by atoms with Crippen LogP contribution in [0, 0.1) is 49.8 Å². The van der Waals surface area contributed by atoms with Gasteiger partial charge >= 0.3 is 37.1 Å². The Morgan fingerprint density at radius 1 is 1.31 bits per heavy atom. The first kappa shape index (κ1) is 28.8. The Kier molecular flexibility index (Phi) is 10.6. The molecule has 4 rings (SSSR count). The van der Waals surface area contributed by atoms with Crippen molar-refractivity contribution in [3.63, 3.8) is 0 Å². The largest absolute Gasteiger partial charge is 2.00 e. The summed E-state index contributed by atoms with van der Waals surface area (Å²) in [5.41, 5.74) is 4.16. The van der Waals surface area contributed by atoms with Crippen LogP contribution >= 0.6 is 0 Å². The molecule has 1 aromatic carbocycles. The molecule has 8 heteroatoms. The molecule has 2 aliphatic rings. The van der Waals surface area contributed by atoms with E-state index in [1.165, 1.54) is 24.1 Å². The van der Waals surface area contributed by atoms with E-state index in [0.29, 0.717) is 30.8 Å². The minimum Gasteiger partial charge on any atom is -0.481 e. The van der Waals surface area contributed by atoms with E-state index in [0.717, 1.165) is 61.6 Å². The number of hydrogen-bond donors (Lipinski definition) is 2. The van der Waals surface area contributed by atoms with Gasteiger partial charge < -0.3 is 15.2 Å². The second-order valence-electron chi connectivity index (χ2n) is 9.87. The van der Waals surface area contributed by atoms with Crippen LogP contribution in [-0.2, 0) is 22.4 Å². The summed E-state index contributed by atoms with van der Waals surface area (Å²) in [6.45, 7) is 10.4. The van der Waals surface area contributed by atoms with Crippen molar-refractivity contribution in [3.8, 4) is 0 Å². The van der Waals surface area contributed by atoms with E-state index in [1.807, 2.05) is 18.7 Å². The van der Waals surface area contributed by atoms with Gasteiger partial charge in [-0.15, -0.1) is 19.9 Å². The maximum Gasteiger partial charge on any atom is 2.00 e. The van der Waals surface area contributed by atoms with Gasteiger partial charge in [0.15, 0.2) is 0 Å². The van der Waals surface area contributed by atoms with Crippen LogP contribution in [0.4, 0.5) is 10.2 Å². The second kappa shape index (κ2) is 13.2. The third kappa shape index (κ3) is 6.98. The zero-order valence-electron chi connectivity index (χ0n) is 21.3. The fourth-order valence-electron chi connectivity index (χ4n) is 5.13. The maximum atomic E-state index is 14.1. The summed E-state index contributed by atoms with van der Waals surface area (Å²) in [6.07, 6.45) is 6.34. The van der Waals surface area contributed by atoms with Crippen molar-refractivity contribution in [3.05, 3.63) is 70.9 Å². The van der Waals surface area contributed by atoms with Crippen LogP contribution in [0.15, 0.2) is 24.3 Å². The Hall–Kier alpha value is -1.72. The molecule has 1 atom stereocenters. The topological polar surface area (TPSA) is 74.7 Å². The quantitative estimate of drug-likeness (QED) is 0.253. The molecule has 2 aliphatic heterocycles. The number of carbonyl (C=O) groups is 1. The number of likely N-dealkylation sites (tertiary alicyclic amines) is 1. The van der Waals surface area contributed by atoms with E-state index in [4.69, 9.17) is 9.72 Å². The number of nitrogens with one attached hydrogen (secondary N) is 1. The van der Waals surface area contributed by atoms with Crippen molar-refractivity contribution in [1.82, 2.24) is 9.88 Å². The van der Waals surface area contributed by atoms with Gasteiger partial charge in [-0.1, -0.05) is 12.5 Å². The number of anilines is 1. The van der Waals surface area contributed by atoms with Gasteiger partial charge in [0, 0.05) is 37.8 Å². The Morgan fingerprint density at radius 2 is 2.08 bits per heavy atom. The summed E-state index contributed by atoms with van der Waals surface area (Å²) in [6, 6.07) is 6.12. The Balaban J connectivity index is 0.00000361. The second-order valence-corrected chi connectivity index (χ2v) is 9.87. The number of ether oxygens (including phenoxy) is 1. The predicted octanol–water partition coefficient (Wildman–Crippen LogP) is 4.96. The monoisotopic (exact) mass is 719 g/mol. The van der Waals surface area contributed by atoms with Crippen LogP contribution in [-0.4, -0.2) is 53.3 Å². The molecular weight excluding hydrogens is 683 g/mol. The van der Waals surface area contributed by atoms with Gasteiger partial charge in [0.1, 0.15) is 5.82 Å². The number of carboxylic acid groups (broad SMARTS) is 1. The van der Waals surface area contributed by atoms with Crippen molar-refractivity contribution in [2.75, 3.05) is 31.6 Å². The summed E-state index contributed by atoms with van der Waals surface area (Å²) in [5.74, 6) is 0.528. The first-order valence-electron chi connectivity index (χ1n) is 12.6. The molecule has 0 amide bonds. The summed E-state index contributed by atoms with van der Waals surface area (Å²) < 4.78 is 20.1. The van der Waals surface area contributed by atoms with Gasteiger partial charge in [0.05, 0.1) is 12.1 Å². The molecule has 1 aromatic heterocycles. The number of pyridine rings is 1. The number of carboxylic acids is 1. The fraction of sp³-hybridized carbons (Fsp3) is 0.500. The van der Waals surface area contributed by atoms with E-state index in [1.54, 1.807) is 0 Å². The number of unbranched alkanes of at least 4 members (excludes halogenated alkanes) is 2. The minimum absolute atomic E-state index is 0. The average molecular weight is 720 g/mol. The first-order valence-corrected chi connectivity index (χ1v) is 12.6. The average Bonchev–Trinajstić information content (AvgIpc) is 2.78. The van der Waals surface area contributed by atoms with E-state index in [-0.39, 0.29) is 37.2 Å². The minimum atomic E-state index is -0.984. The standard InChI is InChI=1S/C28H36FN3O3.U/c1-18(2)25-19(3)14-21(29)15-24(25)26(28(33)34)32-16-23(17-32)35-13-6-4-5-9-22-11-10-20-8-7-12-30-27(20)31-22;/h10-11,14-15,23,26H,3-9,12-13,16-17H2,1-2H3,(H,30,31)(H,33,34);/q-2;+2. The zero-order chi connectivity index (χ0) is 24.9. The molecule has 2 aromatic rings. The number of aromatic nitrogens is 1. The fourth-order valence-corrected chi connectivity index (χ4v) is 5.13. The van der Waals surface area contributed by atoms with E-state index in [9.17, 15) is 14.3 Å². The third-order valence-corrected chi connectivity index (χ3v) is 6.87. The maximum absolute atomic E-state index is 14.1. The smallest absolute Gasteiger partial charge is 0.481 e. The predicted molar refractivity (Wildman–Crippen MR) is 135 cm³/mol. The molecule has 0 aliphatic carbocycles. The summed E-state index contributed by atoms with van der Waals surface area (Å²) in [7, 11) is 0. The van der Waals surface area contributed by atoms with Crippen LogP contribution < -0.4 is 5.32 Å². The van der Waals surface area contributed by atoms with E-state index >= 15 is 0 Å². The third-order valence-electron chi connectivity index (χ3n) is 6.87. The summed E-state index contributed by atoms with van der Waals surface area (Å²) in [5, 5.41) is 13.3. The molecule has 3 heterocycles. The van der Waals surface area contributed by atoms with Crippen molar-refractivity contribution in [1.29, 1.82) is 0 Å². The molecule has 1 unspecified atom stereocenters. The number of benzene rings is 1. The number of fused-ring (bicyclic) bond motifs is 1. The number of aliphatic carboxylic acids is 1. The van der Waals surface area contributed by atoms with Crippen molar-refractivity contribution < 1.29 is 50.1 Å². The molecule has 192 valence electrons. The van der Waals surface area contributed by atoms with E-state index < -0.39 is 17.8 Å². The molecule has 1 fully saturated rings. The van der Waals surface area contributed by atoms with Gasteiger partial charge in [-0.3, -0.25) is 27.7 Å². The normalized spacial score (nSPS) is 16.3. The number of rotatable bonds is 11.